The number of halogens is 2. The maximum atomic E-state index is 13.1. The van der Waals surface area contributed by atoms with Gasteiger partial charge >= 0.3 is 0 Å². The highest BCUT2D eigenvalue weighted by Crippen LogP contribution is 2.32. The van der Waals surface area contributed by atoms with E-state index in [-0.39, 0.29) is 16.6 Å². The zero-order valence-corrected chi connectivity index (χ0v) is 22.1. The molecular formula is C30H21Cl2N3O4. The number of amides is 3. The quantitative estimate of drug-likeness (QED) is 0.236. The summed E-state index contributed by atoms with van der Waals surface area (Å²) >= 11 is 12.2. The van der Waals surface area contributed by atoms with Gasteiger partial charge in [0.25, 0.3) is 17.7 Å². The Morgan fingerprint density at radius 3 is 2.15 bits per heavy atom. The number of ether oxygens (including phenoxy) is 1. The third-order valence-corrected chi connectivity index (χ3v) is 6.57. The molecule has 0 saturated carbocycles. The molecule has 0 saturated heterocycles. The topological polar surface area (TPSA) is 87.7 Å². The van der Waals surface area contributed by atoms with Gasteiger partial charge < -0.3 is 15.4 Å². The van der Waals surface area contributed by atoms with Gasteiger partial charge in [-0.1, -0.05) is 47.5 Å². The molecule has 1 aliphatic heterocycles. The smallest absolute Gasteiger partial charge is 0.283 e. The Morgan fingerprint density at radius 1 is 0.795 bits per heavy atom. The molecule has 5 rings (SSSR count). The van der Waals surface area contributed by atoms with Crippen molar-refractivity contribution in [3.8, 4) is 11.5 Å². The number of hydrogen-bond donors (Lipinski definition) is 2. The molecular weight excluding hydrogens is 537 g/mol. The largest absolute Gasteiger partial charge is 0.457 e. The van der Waals surface area contributed by atoms with Gasteiger partial charge in [0.1, 0.15) is 22.2 Å². The Morgan fingerprint density at radius 2 is 1.46 bits per heavy atom. The summed E-state index contributed by atoms with van der Waals surface area (Å²) in [6, 6.07) is 27.6. The Labute approximate surface area is 234 Å². The Hall–Kier alpha value is -4.59. The fourth-order valence-corrected chi connectivity index (χ4v) is 4.24. The normalized spacial score (nSPS) is 13.1. The summed E-state index contributed by atoms with van der Waals surface area (Å²) < 4.78 is 5.78. The minimum atomic E-state index is -0.655. The molecule has 194 valence electrons. The first-order valence-corrected chi connectivity index (χ1v) is 12.6. The van der Waals surface area contributed by atoms with Crippen molar-refractivity contribution in [2.45, 2.75) is 6.92 Å². The summed E-state index contributed by atoms with van der Waals surface area (Å²) in [7, 11) is 0. The zero-order chi connectivity index (χ0) is 27.5. The van der Waals surface area contributed by atoms with Gasteiger partial charge in [0, 0.05) is 22.0 Å². The van der Waals surface area contributed by atoms with Crippen LogP contribution in [-0.2, 0) is 9.59 Å². The Balaban J connectivity index is 1.30. The van der Waals surface area contributed by atoms with E-state index in [0.717, 1.165) is 10.5 Å². The molecule has 4 aromatic rings. The van der Waals surface area contributed by atoms with Gasteiger partial charge in [-0.3, -0.25) is 14.4 Å². The SMILES string of the molecule is Cc1ccc(C(=O)Nc2ccc(Oc3ccccc3)cc2)cc1NC1=C(Cl)C(=O)N(c2ccc(Cl)cc2)C1=O. The standard InChI is InChI=1S/C30H21Cl2N3O4/c1-18-7-8-19(28(36)33-21-11-15-24(16-12-21)39-23-5-3-2-4-6-23)17-25(18)34-27-26(32)29(37)35(30(27)38)22-13-9-20(31)10-14-22/h2-17,34H,1H3,(H,33,36). The molecule has 7 nitrogen and oxygen atoms in total. The van der Waals surface area contributed by atoms with E-state index < -0.39 is 11.8 Å². The molecule has 0 unspecified atom stereocenters. The highest BCUT2D eigenvalue weighted by molar-refractivity contribution is 6.53. The second-order valence-corrected chi connectivity index (χ2v) is 9.47. The maximum Gasteiger partial charge on any atom is 0.283 e. The minimum Gasteiger partial charge on any atom is -0.457 e. The van der Waals surface area contributed by atoms with Gasteiger partial charge in [-0.15, -0.1) is 0 Å². The molecule has 1 heterocycles. The van der Waals surface area contributed by atoms with Crippen molar-refractivity contribution >= 4 is 58.0 Å². The average Bonchev–Trinajstić information content (AvgIpc) is 3.15. The molecule has 0 radical (unpaired) electrons. The van der Waals surface area contributed by atoms with E-state index in [1.807, 2.05) is 37.3 Å². The van der Waals surface area contributed by atoms with E-state index in [2.05, 4.69) is 10.6 Å². The lowest BCUT2D eigenvalue weighted by atomic mass is 10.1. The molecule has 4 aromatic carbocycles. The van der Waals surface area contributed by atoms with Crippen LogP contribution in [-0.4, -0.2) is 17.7 Å². The molecule has 1 aliphatic rings. The molecule has 39 heavy (non-hydrogen) atoms. The molecule has 0 aliphatic carbocycles. The molecule has 0 spiro atoms. The third kappa shape index (κ3) is 5.65. The van der Waals surface area contributed by atoms with E-state index in [1.165, 1.54) is 0 Å². The fraction of sp³-hybridized carbons (Fsp3) is 0.0333. The van der Waals surface area contributed by atoms with Crippen LogP contribution in [0.3, 0.4) is 0 Å². The maximum absolute atomic E-state index is 13.1. The number of aryl methyl sites for hydroxylation is 1. The number of anilines is 3. The van der Waals surface area contributed by atoms with Crippen LogP contribution < -0.4 is 20.3 Å². The molecule has 0 atom stereocenters. The van der Waals surface area contributed by atoms with Gasteiger partial charge in [-0.05, 0) is 85.3 Å². The van der Waals surface area contributed by atoms with Gasteiger partial charge in [-0.25, -0.2) is 4.90 Å². The predicted octanol–water partition coefficient (Wildman–Crippen LogP) is 7.13. The number of hydrogen-bond acceptors (Lipinski definition) is 5. The fourth-order valence-electron chi connectivity index (χ4n) is 3.90. The van der Waals surface area contributed by atoms with Crippen molar-refractivity contribution < 1.29 is 19.1 Å². The molecule has 0 aromatic heterocycles. The molecule has 0 bridgehead atoms. The van der Waals surface area contributed by atoms with Crippen molar-refractivity contribution in [3.63, 3.8) is 0 Å². The van der Waals surface area contributed by atoms with Crippen LogP contribution in [0.5, 0.6) is 11.5 Å². The second kappa shape index (κ2) is 11.0. The van der Waals surface area contributed by atoms with Crippen molar-refractivity contribution in [2.24, 2.45) is 0 Å². The lowest BCUT2D eigenvalue weighted by molar-refractivity contribution is -0.120. The van der Waals surface area contributed by atoms with E-state index in [4.69, 9.17) is 27.9 Å². The summed E-state index contributed by atoms with van der Waals surface area (Å²) in [4.78, 5) is 39.8. The van der Waals surface area contributed by atoms with Crippen molar-refractivity contribution in [2.75, 3.05) is 15.5 Å². The van der Waals surface area contributed by atoms with Crippen LogP contribution >= 0.6 is 23.2 Å². The minimum absolute atomic E-state index is 0.0775. The highest BCUT2D eigenvalue weighted by atomic mass is 35.5. The number of rotatable bonds is 7. The summed E-state index contributed by atoms with van der Waals surface area (Å²) in [6.45, 7) is 1.81. The first kappa shape index (κ1) is 26.0. The van der Waals surface area contributed by atoms with Gasteiger partial charge in [0.2, 0.25) is 0 Å². The van der Waals surface area contributed by atoms with Crippen LogP contribution in [0.4, 0.5) is 17.1 Å². The van der Waals surface area contributed by atoms with Crippen LogP contribution in [0.25, 0.3) is 0 Å². The number of para-hydroxylation sites is 1. The van der Waals surface area contributed by atoms with Crippen molar-refractivity contribution in [1.29, 1.82) is 0 Å². The number of carbonyl (C=O) groups excluding carboxylic acids is 3. The molecule has 9 heteroatoms. The lowest BCUT2D eigenvalue weighted by Crippen LogP contribution is -2.32. The number of nitrogens with one attached hydrogen (secondary N) is 2. The molecule has 3 amide bonds. The van der Waals surface area contributed by atoms with Gasteiger partial charge in [0.15, 0.2) is 0 Å². The second-order valence-electron chi connectivity index (χ2n) is 8.66. The molecule has 0 fully saturated rings. The van der Waals surface area contributed by atoms with Crippen LogP contribution in [0, 0.1) is 6.92 Å². The van der Waals surface area contributed by atoms with E-state index in [1.54, 1.807) is 66.7 Å². The van der Waals surface area contributed by atoms with E-state index in [9.17, 15) is 14.4 Å². The first-order chi connectivity index (χ1) is 18.8. The van der Waals surface area contributed by atoms with E-state index in [0.29, 0.717) is 39.1 Å². The number of benzene rings is 4. The number of carbonyl (C=O) groups is 3. The summed E-state index contributed by atoms with van der Waals surface area (Å²) in [5.74, 6) is -0.277. The number of nitrogens with zero attached hydrogens (tertiary/aromatic N) is 1. The third-order valence-electron chi connectivity index (χ3n) is 5.96. The zero-order valence-electron chi connectivity index (χ0n) is 20.6. The molecule has 2 N–H and O–H groups in total. The summed E-state index contributed by atoms with van der Waals surface area (Å²) in [5, 5.41) is 6.02. The van der Waals surface area contributed by atoms with Crippen molar-refractivity contribution in [1.82, 2.24) is 0 Å². The first-order valence-electron chi connectivity index (χ1n) is 11.9. The van der Waals surface area contributed by atoms with Crippen molar-refractivity contribution in [3.05, 3.63) is 124 Å². The van der Waals surface area contributed by atoms with Crippen LogP contribution in [0.15, 0.2) is 108 Å². The summed E-state index contributed by atoms with van der Waals surface area (Å²) in [5.41, 5.74) is 2.39. The highest BCUT2D eigenvalue weighted by Gasteiger charge is 2.39. The van der Waals surface area contributed by atoms with Gasteiger partial charge in [0.05, 0.1) is 5.69 Å². The van der Waals surface area contributed by atoms with Gasteiger partial charge in [-0.2, -0.15) is 0 Å². The summed E-state index contributed by atoms with van der Waals surface area (Å²) in [6.07, 6.45) is 0. The number of imide groups is 1. The van der Waals surface area contributed by atoms with Crippen LogP contribution in [0.1, 0.15) is 15.9 Å². The Bertz CT molecular complexity index is 1600. The van der Waals surface area contributed by atoms with Crippen LogP contribution in [0.2, 0.25) is 5.02 Å². The monoisotopic (exact) mass is 557 g/mol. The van der Waals surface area contributed by atoms with E-state index >= 15 is 0 Å². The Kier molecular flexibility index (Phi) is 7.36. The lowest BCUT2D eigenvalue weighted by Gasteiger charge is -2.16. The average molecular weight is 558 g/mol. The predicted molar refractivity (Wildman–Crippen MR) is 153 cm³/mol.